The summed E-state index contributed by atoms with van der Waals surface area (Å²) in [6.07, 6.45) is -0.889. The molecular formula is C16H20F4O. The van der Waals surface area contributed by atoms with Crippen molar-refractivity contribution in [3.8, 4) is 0 Å². The van der Waals surface area contributed by atoms with Gasteiger partial charge in [-0.15, -0.1) is 0 Å². The van der Waals surface area contributed by atoms with Crippen molar-refractivity contribution in [1.29, 1.82) is 0 Å². The van der Waals surface area contributed by atoms with Crippen molar-refractivity contribution < 1.29 is 22.4 Å². The summed E-state index contributed by atoms with van der Waals surface area (Å²) in [7, 11) is 0. The molecule has 0 radical (unpaired) electrons. The predicted octanol–water partition coefficient (Wildman–Crippen LogP) is 5.63. The summed E-state index contributed by atoms with van der Waals surface area (Å²) in [5.74, 6) is -1.54. The molecule has 0 heterocycles. The first-order valence-corrected chi connectivity index (χ1v) is 7.19. The number of halogens is 4. The van der Waals surface area contributed by atoms with Crippen LogP contribution in [0.2, 0.25) is 0 Å². The molecule has 0 N–H and O–H groups in total. The second-order valence-electron chi connectivity index (χ2n) is 5.24. The van der Waals surface area contributed by atoms with Crippen molar-refractivity contribution in [3.05, 3.63) is 35.1 Å². The van der Waals surface area contributed by atoms with Gasteiger partial charge in [-0.05, 0) is 24.1 Å². The van der Waals surface area contributed by atoms with E-state index in [-0.39, 0.29) is 23.7 Å². The quantitative estimate of drug-likeness (QED) is 0.471. The summed E-state index contributed by atoms with van der Waals surface area (Å²) in [5.41, 5.74) is -1.45. The van der Waals surface area contributed by atoms with Crippen LogP contribution in [0, 0.1) is 11.7 Å². The van der Waals surface area contributed by atoms with Crippen molar-refractivity contribution in [1.82, 2.24) is 0 Å². The Morgan fingerprint density at radius 3 is 2.43 bits per heavy atom. The molecule has 1 aromatic carbocycles. The molecule has 0 aliphatic carbocycles. The summed E-state index contributed by atoms with van der Waals surface area (Å²) in [6.45, 7) is 4.00. The number of hydrogen-bond donors (Lipinski definition) is 0. The van der Waals surface area contributed by atoms with E-state index in [1.54, 1.807) is 0 Å². The smallest absolute Gasteiger partial charge is 0.294 e. The highest BCUT2D eigenvalue weighted by Gasteiger charge is 2.34. The van der Waals surface area contributed by atoms with E-state index >= 15 is 0 Å². The van der Waals surface area contributed by atoms with Gasteiger partial charge in [0.05, 0.1) is 5.56 Å². The lowest BCUT2D eigenvalue weighted by molar-refractivity contribution is -0.140. The maximum atomic E-state index is 13.2. The number of rotatable bonds is 7. The Kier molecular flexibility index (Phi) is 6.37. The highest BCUT2D eigenvalue weighted by atomic mass is 19.4. The molecule has 1 rings (SSSR count). The average Bonchev–Trinajstić information content (AvgIpc) is 2.42. The van der Waals surface area contributed by atoms with Gasteiger partial charge in [-0.3, -0.25) is 4.79 Å². The maximum absolute atomic E-state index is 13.2. The number of carbonyl (C=O) groups excluding carboxylic acids is 1. The van der Waals surface area contributed by atoms with Gasteiger partial charge in [-0.1, -0.05) is 39.5 Å². The van der Waals surface area contributed by atoms with Gasteiger partial charge in [0.1, 0.15) is 5.82 Å². The Hall–Kier alpha value is -1.39. The fraction of sp³-hybridized carbons (Fsp3) is 0.562. The number of ketones is 1. The summed E-state index contributed by atoms with van der Waals surface area (Å²) in [5, 5.41) is 0. The minimum atomic E-state index is -4.78. The molecule has 1 unspecified atom stereocenters. The first-order valence-electron chi connectivity index (χ1n) is 7.19. The fourth-order valence-corrected chi connectivity index (χ4v) is 2.24. The zero-order valence-corrected chi connectivity index (χ0v) is 12.3. The number of benzene rings is 1. The van der Waals surface area contributed by atoms with Crippen LogP contribution in [0.3, 0.4) is 0 Å². The molecule has 0 aliphatic heterocycles. The van der Waals surface area contributed by atoms with Crippen molar-refractivity contribution in [2.45, 2.75) is 52.1 Å². The van der Waals surface area contributed by atoms with E-state index in [1.807, 2.05) is 13.8 Å². The summed E-state index contributed by atoms with van der Waals surface area (Å²) in [4.78, 5) is 12.1. The third-order valence-electron chi connectivity index (χ3n) is 3.61. The van der Waals surface area contributed by atoms with Crippen LogP contribution in [0.15, 0.2) is 18.2 Å². The monoisotopic (exact) mass is 304 g/mol. The van der Waals surface area contributed by atoms with E-state index in [2.05, 4.69) is 0 Å². The lowest BCUT2D eigenvalue weighted by Crippen LogP contribution is -2.12. The molecule has 5 heteroatoms. The molecule has 0 amide bonds. The largest absolute Gasteiger partial charge is 0.419 e. The molecule has 118 valence electrons. The lowest BCUT2D eigenvalue weighted by Gasteiger charge is -2.14. The molecule has 0 aliphatic rings. The van der Waals surface area contributed by atoms with Gasteiger partial charge in [-0.2, -0.15) is 13.2 Å². The molecule has 1 nitrogen and oxygen atoms in total. The van der Waals surface area contributed by atoms with Gasteiger partial charge in [0.2, 0.25) is 0 Å². The van der Waals surface area contributed by atoms with Crippen LogP contribution in [-0.4, -0.2) is 5.78 Å². The van der Waals surface area contributed by atoms with E-state index in [1.165, 1.54) is 0 Å². The Morgan fingerprint density at radius 1 is 1.24 bits per heavy atom. The molecule has 1 aromatic rings. The first kappa shape index (κ1) is 17.7. The van der Waals surface area contributed by atoms with E-state index in [4.69, 9.17) is 0 Å². The number of Topliss-reactive ketones (excluding diaryl/α,β-unsaturated/α-hetero) is 1. The Morgan fingerprint density at radius 2 is 1.90 bits per heavy atom. The topological polar surface area (TPSA) is 17.1 Å². The number of carbonyl (C=O) groups is 1. The molecule has 0 spiro atoms. The maximum Gasteiger partial charge on any atom is 0.419 e. The molecule has 0 fully saturated rings. The minimum Gasteiger partial charge on any atom is -0.294 e. The van der Waals surface area contributed by atoms with E-state index < -0.39 is 17.6 Å². The number of alkyl halides is 3. The van der Waals surface area contributed by atoms with Crippen LogP contribution in [0.25, 0.3) is 0 Å². The SMILES string of the molecule is CCCCC(CC)CC(=O)c1ccc(F)c(C(F)(F)F)c1. The van der Waals surface area contributed by atoms with Gasteiger partial charge in [-0.25, -0.2) is 4.39 Å². The van der Waals surface area contributed by atoms with Crippen LogP contribution in [0.1, 0.15) is 61.9 Å². The molecule has 1 atom stereocenters. The average molecular weight is 304 g/mol. The normalized spacial score (nSPS) is 13.2. The number of hydrogen-bond acceptors (Lipinski definition) is 1. The van der Waals surface area contributed by atoms with E-state index in [0.29, 0.717) is 12.1 Å². The third-order valence-corrected chi connectivity index (χ3v) is 3.61. The zero-order chi connectivity index (χ0) is 16.0. The van der Waals surface area contributed by atoms with E-state index in [9.17, 15) is 22.4 Å². The molecule has 21 heavy (non-hydrogen) atoms. The van der Waals surface area contributed by atoms with Crippen molar-refractivity contribution >= 4 is 5.78 Å². The van der Waals surface area contributed by atoms with Crippen molar-refractivity contribution in [2.24, 2.45) is 5.92 Å². The van der Waals surface area contributed by atoms with Crippen LogP contribution in [0.4, 0.5) is 17.6 Å². The van der Waals surface area contributed by atoms with Gasteiger partial charge in [0.15, 0.2) is 5.78 Å². The van der Waals surface area contributed by atoms with Crippen molar-refractivity contribution in [2.75, 3.05) is 0 Å². The summed E-state index contributed by atoms with van der Waals surface area (Å²) >= 11 is 0. The van der Waals surface area contributed by atoms with Crippen molar-refractivity contribution in [3.63, 3.8) is 0 Å². The Balaban J connectivity index is 2.88. The van der Waals surface area contributed by atoms with E-state index in [0.717, 1.165) is 31.7 Å². The Bertz CT molecular complexity index is 480. The second kappa shape index (κ2) is 7.57. The zero-order valence-electron chi connectivity index (χ0n) is 12.3. The van der Waals surface area contributed by atoms with Gasteiger partial charge in [0, 0.05) is 12.0 Å². The molecule has 0 aromatic heterocycles. The highest BCUT2D eigenvalue weighted by Crippen LogP contribution is 2.32. The predicted molar refractivity (Wildman–Crippen MR) is 73.7 cm³/mol. The summed E-state index contributed by atoms with van der Waals surface area (Å²) < 4.78 is 51.1. The van der Waals surface area contributed by atoms with Crippen LogP contribution >= 0.6 is 0 Å². The summed E-state index contributed by atoms with van der Waals surface area (Å²) in [6, 6.07) is 2.45. The van der Waals surface area contributed by atoms with Gasteiger partial charge >= 0.3 is 6.18 Å². The fourth-order valence-electron chi connectivity index (χ4n) is 2.24. The van der Waals surface area contributed by atoms with Crippen LogP contribution in [0.5, 0.6) is 0 Å². The third kappa shape index (κ3) is 5.14. The Labute approximate surface area is 122 Å². The van der Waals surface area contributed by atoms with Gasteiger partial charge in [0.25, 0.3) is 0 Å². The van der Waals surface area contributed by atoms with Crippen LogP contribution < -0.4 is 0 Å². The first-order chi connectivity index (χ1) is 9.79. The minimum absolute atomic E-state index is 0.0707. The standard InChI is InChI=1S/C16H20F4O/c1-3-5-6-11(4-2)9-15(21)12-7-8-14(17)13(10-12)16(18,19)20/h7-8,10-11H,3-6,9H2,1-2H3. The van der Waals surface area contributed by atoms with Gasteiger partial charge < -0.3 is 0 Å². The molecule has 0 saturated heterocycles. The molecule has 0 saturated carbocycles. The second-order valence-corrected chi connectivity index (χ2v) is 5.24. The number of unbranched alkanes of at least 4 members (excludes halogenated alkanes) is 1. The molecule has 0 bridgehead atoms. The highest BCUT2D eigenvalue weighted by molar-refractivity contribution is 5.96. The molecular weight excluding hydrogens is 284 g/mol. The lowest BCUT2D eigenvalue weighted by atomic mass is 9.91. The van der Waals surface area contributed by atoms with Crippen LogP contribution in [-0.2, 0) is 6.18 Å².